The van der Waals surface area contributed by atoms with Crippen LogP contribution in [0.2, 0.25) is 0 Å². The normalized spacial score (nSPS) is 17.3. The van der Waals surface area contributed by atoms with E-state index in [1.807, 2.05) is 49.4 Å². The van der Waals surface area contributed by atoms with Crippen molar-refractivity contribution in [1.82, 2.24) is 5.32 Å². The van der Waals surface area contributed by atoms with E-state index in [0.717, 1.165) is 22.4 Å². The van der Waals surface area contributed by atoms with Gasteiger partial charge in [-0.05, 0) is 53.6 Å². The highest BCUT2D eigenvalue weighted by Gasteiger charge is 2.42. The Morgan fingerprint density at radius 2 is 1.82 bits per heavy atom. The summed E-state index contributed by atoms with van der Waals surface area (Å²) in [5.74, 6) is -5.90. The van der Waals surface area contributed by atoms with Crippen molar-refractivity contribution >= 4 is 40.5 Å². The maximum absolute atomic E-state index is 16.1. The van der Waals surface area contributed by atoms with Gasteiger partial charge in [-0.1, -0.05) is 48.5 Å². The third-order valence-electron chi connectivity index (χ3n) is 6.63. The zero-order chi connectivity index (χ0) is 26.2. The molecular weight excluding hydrogens is 517 g/mol. The number of hydrogen-bond acceptors (Lipinski definition) is 4. The molecular formula is C29H26ClF3N2O3. The molecule has 0 saturated heterocycles. The van der Waals surface area contributed by atoms with Crippen molar-refractivity contribution in [2.75, 3.05) is 18.0 Å². The van der Waals surface area contributed by atoms with E-state index in [2.05, 4.69) is 5.32 Å². The number of nitrogens with zero attached hydrogens (tertiary/aromatic N) is 1. The van der Waals surface area contributed by atoms with E-state index < -0.39 is 30.0 Å². The Hall–Kier alpha value is -3.75. The summed E-state index contributed by atoms with van der Waals surface area (Å²) in [6, 6.07) is 21.7. The molecule has 0 spiro atoms. The van der Waals surface area contributed by atoms with Crippen molar-refractivity contribution in [3.63, 3.8) is 0 Å². The van der Waals surface area contributed by atoms with Gasteiger partial charge in [-0.25, -0.2) is 13.6 Å². The van der Waals surface area contributed by atoms with Crippen LogP contribution in [0.4, 0.5) is 24.5 Å². The van der Waals surface area contributed by atoms with Gasteiger partial charge in [0.1, 0.15) is 5.69 Å². The summed E-state index contributed by atoms with van der Waals surface area (Å²) in [6.07, 6.45) is -0.0876. The van der Waals surface area contributed by atoms with Gasteiger partial charge in [-0.2, -0.15) is 4.39 Å². The lowest BCUT2D eigenvalue weighted by Gasteiger charge is -2.40. The van der Waals surface area contributed by atoms with Crippen molar-refractivity contribution in [3.05, 3.63) is 102 Å². The molecule has 0 bridgehead atoms. The smallest absolute Gasteiger partial charge is 0.335 e. The Morgan fingerprint density at radius 3 is 2.61 bits per heavy atom. The minimum atomic E-state index is -2.25. The van der Waals surface area contributed by atoms with Crippen molar-refractivity contribution in [2.24, 2.45) is 0 Å². The summed E-state index contributed by atoms with van der Waals surface area (Å²) in [4.78, 5) is 12.7. The van der Waals surface area contributed by atoms with Crippen LogP contribution in [0.15, 0.2) is 78.9 Å². The SMILES string of the molecule is C[C@@H](NCCC1(F)CN(c2cccc(C(=O)O)c2)c2c(ccc(F)c2F)O1)c1cccc2ccccc12.Cl. The minimum absolute atomic E-state index is 0. The highest BCUT2D eigenvalue weighted by atomic mass is 35.5. The number of nitrogens with one attached hydrogen (secondary N) is 1. The Bertz CT molecular complexity index is 1480. The number of fused-ring (bicyclic) bond motifs is 2. The number of carbonyl (C=O) groups is 1. The van der Waals surface area contributed by atoms with E-state index >= 15 is 4.39 Å². The first kappa shape index (κ1) is 27.3. The monoisotopic (exact) mass is 542 g/mol. The summed E-state index contributed by atoms with van der Waals surface area (Å²) in [5.41, 5.74) is 0.962. The molecule has 0 saturated carbocycles. The Morgan fingerprint density at radius 1 is 1.08 bits per heavy atom. The predicted octanol–water partition coefficient (Wildman–Crippen LogP) is 7.18. The number of ether oxygens (including phenoxy) is 1. The van der Waals surface area contributed by atoms with Gasteiger partial charge in [0.2, 0.25) is 0 Å². The topological polar surface area (TPSA) is 61.8 Å². The van der Waals surface area contributed by atoms with E-state index in [-0.39, 0.29) is 54.1 Å². The second-order valence-corrected chi connectivity index (χ2v) is 9.13. The van der Waals surface area contributed by atoms with Crippen LogP contribution in [-0.4, -0.2) is 30.0 Å². The molecule has 0 radical (unpaired) electrons. The fraction of sp³-hybridized carbons (Fsp3) is 0.207. The van der Waals surface area contributed by atoms with Gasteiger partial charge in [0, 0.05) is 24.7 Å². The van der Waals surface area contributed by atoms with Crippen LogP contribution in [-0.2, 0) is 0 Å². The molecule has 0 amide bonds. The average molecular weight is 543 g/mol. The van der Waals surface area contributed by atoms with Gasteiger partial charge in [0.15, 0.2) is 17.4 Å². The van der Waals surface area contributed by atoms with E-state index in [9.17, 15) is 18.7 Å². The summed E-state index contributed by atoms with van der Waals surface area (Å²) in [7, 11) is 0. The summed E-state index contributed by atoms with van der Waals surface area (Å²) < 4.78 is 50.7. The molecule has 1 heterocycles. The number of aromatic carboxylic acids is 1. The zero-order valence-electron chi connectivity index (χ0n) is 20.5. The lowest BCUT2D eigenvalue weighted by Crippen LogP contribution is -2.48. The van der Waals surface area contributed by atoms with Crippen molar-refractivity contribution in [2.45, 2.75) is 25.2 Å². The molecule has 0 aromatic heterocycles. The average Bonchev–Trinajstić information content (AvgIpc) is 2.90. The predicted molar refractivity (Wildman–Crippen MR) is 143 cm³/mol. The Kier molecular flexibility index (Phi) is 7.85. The number of carboxylic acid groups (broad SMARTS) is 1. The van der Waals surface area contributed by atoms with Gasteiger partial charge in [-0.15, -0.1) is 12.4 Å². The van der Waals surface area contributed by atoms with Crippen LogP contribution in [0.3, 0.4) is 0 Å². The fourth-order valence-corrected chi connectivity index (χ4v) is 4.77. The molecule has 1 aliphatic heterocycles. The number of benzene rings is 4. The molecule has 38 heavy (non-hydrogen) atoms. The first-order valence-electron chi connectivity index (χ1n) is 11.9. The standard InChI is InChI=1S/C29H25F3N2O3.ClH/c1-18(22-11-5-7-19-6-2-3-10-23(19)22)33-15-14-29(32)17-34(21-9-4-8-20(16-21)28(35)36)27-25(37-29)13-12-24(30)26(27)31;/h2-13,16,18,33H,14-15,17H2,1H3,(H,35,36);1H/t18-,29?;/m1./s1. The Balaban J connectivity index is 0.00000336. The Labute approximate surface area is 224 Å². The quantitative estimate of drug-likeness (QED) is 0.259. The number of carboxylic acids is 1. The second-order valence-electron chi connectivity index (χ2n) is 9.13. The van der Waals surface area contributed by atoms with E-state index in [0.29, 0.717) is 0 Å². The first-order valence-corrected chi connectivity index (χ1v) is 11.9. The number of hydrogen-bond donors (Lipinski definition) is 2. The van der Waals surface area contributed by atoms with Gasteiger partial charge < -0.3 is 20.1 Å². The number of halogens is 4. The molecule has 2 N–H and O–H groups in total. The van der Waals surface area contributed by atoms with E-state index in [4.69, 9.17) is 4.74 Å². The van der Waals surface area contributed by atoms with Crippen LogP contribution in [0.5, 0.6) is 5.75 Å². The molecule has 1 aliphatic rings. The highest BCUT2D eigenvalue weighted by molar-refractivity contribution is 5.89. The van der Waals surface area contributed by atoms with Gasteiger partial charge in [0.25, 0.3) is 5.85 Å². The molecule has 4 aromatic rings. The third-order valence-corrected chi connectivity index (χ3v) is 6.63. The molecule has 0 fully saturated rings. The maximum Gasteiger partial charge on any atom is 0.335 e. The van der Waals surface area contributed by atoms with Crippen LogP contribution >= 0.6 is 12.4 Å². The van der Waals surface area contributed by atoms with E-state index in [1.54, 1.807) is 0 Å². The molecule has 1 unspecified atom stereocenters. The summed E-state index contributed by atoms with van der Waals surface area (Å²) >= 11 is 0. The fourth-order valence-electron chi connectivity index (χ4n) is 4.77. The molecule has 5 nitrogen and oxygen atoms in total. The number of alkyl halides is 1. The van der Waals surface area contributed by atoms with Crippen LogP contribution in [0, 0.1) is 11.6 Å². The van der Waals surface area contributed by atoms with Crippen LogP contribution < -0.4 is 15.0 Å². The minimum Gasteiger partial charge on any atom is -0.478 e. The second kappa shape index (κ2) is 10.9. The highest BCUT2D eigenvalue weighted by Crippen LogP contribution is 2.45. The van der Waals surface area contributed by atoms with Crippen molar-refractivity contribution in [3.8, 4) is 5.75 Å². The molecule has 2 atom stereocenters. The van der Waals surface area contributed by atoms with Gasteiger partial charge in [-0.3, -0.25) is 0 Å². The van der Waals surface area contributed by atoms with E-state index in [1.165, 1.54) is 35.2 Å². The van der Waals surface area contributed by atoms with Crippen LogP contribution in [0.25, 0.3) is 10.8 Å². The maximum atomic E-state index is 16.1. The molecule has 4 aromatic carbocycles. The largest absolute Gasteiger partial charge is 0.478 e. The number of rotatable bonds is 7. The summed E-state index contributed by atoms with van der Waals surface area (Å²) in [6.45, 7) is 1.78. The van der Waals surface area contributed by atoms with Gasteiger partial charge >= 0.3 is 5.97 Å². The van der Waals surface area contributed by atoms with Crippen molar-refractivity contribution < 1.29 is 27.8 Å². The lowest BCUT2D eigenvalue weighted by molar-refractivity contribution is -0.0659. The van der Waals surface area contributed by atoms with Gasteiger partial charge in [0.05, 0.1) is 12.1 Å². The molecule has 0 aliphatic carbocycles. The molecule has 5 rings (SSSR count). The third kappa shape index (κ3) is 5.28. The van der Waals surface area contributed by atoms with Crippen molar-refractivity contribution in [1.29, 1.82) is 0 Å². The number of anilines is 2. The molecule has 9 heteroatoms. The lowest BCUT2D eigenvalue weighted by atomic mass is 9.99. The van der Waals surface area contributed by atoms with Crippen LogP contribution in [0.1, 0.15) is 35.3 Å². The first-order chi connectivity index (χ1) is 17.8. The summed E-state index contributed by atoms with van der Waals surface area (Å²) in [5, 5.41) is 14.9. The zero-order valence-corrected chi connectivity index (χ0v) is 21.3. The molecule has 198 valence electrons.